The summed E-state index contributed by atoms with van der Waals surface area (Å²) >= 11 is 0. The van der Waals surface area contributed by atoms with Crippen LogP contribution in [0.5, 0.6) is 0 Å². The van der Waals surface area contributed by atoms with Gasteiger partial charge in [0, 0.05) is 12.0 Å². The molecule has 0 saturated carbocycles. The predicted octanol–water partition coefficient (Wildman–Crippen LogP) is 3.76. The smallest absolute Gasteiger partial charge is 0.00876 e. The fraction of sp³-hybridized carbons (Fsp3) is 0.333. The highest BCUT2D eigenvalue weighted by Crippen LogP contribution is 2.27. The number of nitrogens with two attached hydrogens (primary N) is 1. The first-order valence-corrected chi connectivity index (χ1v) is 6.86. The van der Waals surface area contributed by atoms with Gasteiger partial charge in [0.1, 0.15) is 0 Å². The zero-order chi connectivity index (χ0) is 13.9. The van der Waals surface area contributed by atoms with Gasteiger partial charge in [-0.2, -0.15) is 0 Å². The summed E-state index contributed by atoms with van der Waals surface area (Å²) < 4.78 is 0. The number of aryl methyl sites for hydroxylation is 2. The SMILES string of the molecule is Cc1ccc(CC(C)(CN)c2ccc(C)cc2)cc1. The van der Waals surface area contributed by atoms with Gasteiger partial charge in [-0.05, 0) is 31.4 Å². The Hall–Kier alpha value is -1.60. The largest absolute Gasteiger partial charge is 0.330 e. The monoisotopic (exact) mass is 253 g/mol. The fourth-order valence-electron chi connectivity index (χ4n) is 2.40. The van der Waals surface area contributed by atoms with E-state index in [2.05, 4.69) is 69.3 Å². The lowest BCUT2D eigenvalue weighted by atomic mass is 9.77. The van der Waals surface area contributed by atoms with Gasteiger partial charge in [0.15, 0.2) is 0 Å². The maximum atomic E-state index is 6.05. The molecule has 0 saturated heterocycles. The van der Waals surface area contributed by atoms with Gasteiger partial charge >= 0.3 is 0 Å². The van der Waals surface area contributed by atoms with Gasteiger partial charge in [0.25, 0.3) is 0 Å². The van der Waals surface area contributed by atoms with Crippen LogP contribution >= 0.6 is 0 Å². The van der Waals surface area contributed by atoms with Crippen LogP contribution in [0.15, 0.2) is 48.5 Å². The van der Waals surface area contributed by atoms with Gasteiger partial charge in [-0.15, -0.1) is 0 Å². The maximum Gasteiger partial charge on any atom is 0.00876 e. The highest BCUT2D eigenvalue weighted by atomic mass is 14.6. The van der Waals surface area contributed by atoms with E-state index in [9.17, 15) is 0 Å². The second kappa shape index (κ2) is 5.58. The second-order valence-electron chi connectivity index (χ2n) is 5.79. The zero-order valence-electron chi connectivity index (χ0n) is 12.1. The summed E-state index contributed by atoms with van der Waals surface area (Å²) in [5.41, 5.74) is 11.3. The van der Waals surface area contributed by atoms with Crippen LogP contribution < -0.4 is 5.73 Å². The van der Waals surface area contributed by atoms with Crippen LogP contribution in [0.2, 0.25) is 0 Å². The van der Waals surface area contributed by atoms with Crippen molar-refractivity contribution in [2.75, 3.05) is 6.54 Å². The Kier molecular flexibility index (Phi) is 4.06. The van der Waals surface area contributed by atoms with Crippen LogP contribution in [-0.2, 0) is 11.8 Å². The molecule has 1 nitrogen and oxygen atoms in total. The van der Waals surface area contributed by atoms with Gasteiger partial charge in [-0.25, -0.2) is 0 Å². The quantitative estimate of drug-likeness (QED) is 0.882. The average Bonchev–Trinajstić information content (AvgIpc) is 2.42. The molecule has 0 aromatic heterocycles. The van der Waals surface area contributed by atoms with Crippen molar-refractivity contribution in [3.8, 4) is 0 Å². The Bertz CT molecular complexity index is 525. The van der Waals surface area contributed by atoms with E-state index in [1.165, 1.54) is 22.3 Å². The predicted molar refractivity (Wildman–Crippen MR) is 82.5 cm³/mol. The van der Waals surface area contributed by atoms with Crippen molar-refractivity contribution >= 4 is 0 Å². The van der Waals surface area contributed by atoms with Crippen LogP contribution in [0, 0.1) is 13.8 Å². The Morgan fingerprint density at radius 1 is 0.842 bits per heavy atom. The summed E-state index contributed by atoms with van der Waals surface area (Å²) in [6.07, 6.45) is 0.979. The van der Waals surface area contributed by atoms with Gasteiger partial charge < -0.3 is 5.73 Å². The molecule has 0 fully saturated rings. The number of benzene rings is 2. The highest BCUT2D eigenvalue weighted by molar-refractivity contribution is 5.32. The van der Waals surface area contributed by atoms with Crippen molar-refractivity contribution in [3.05, 3.63) is 70.8 Å². The lowest BCUT2D eigenvalue weighted by Crippen LogP contribution is -2.34. The summed E-state index contributed by atoms with van der Waals surface area (Å²) in [6, 6.07) is 17.5. The molecule has 0 heterocycles. The van der Waals surface area contributed by atoms with E-state index in [1.807, 2.05) is 0 Å². The van der Waals surface area contributed by atoms with Crippen LogP contribution in [0.4, 0.5) is 0 Å². The third-order valence-electron chi connectivity index (χ3n) is 3.91. The van der Waals surface area contributed by atoms with Gasteiger partial charge in [-0.1, -0.05) is 66.6 Å². The van der Waals surface area contributed by atoms with Crippen LogP contribution in [0.25, 0.3) is 0 Å². The normalized spacial score (nSPS) is 14.1. The summed E-state index contributed by atoms with van der Waals surface area (Å²) in [6.45, 7) is 7.14. The summed E-state index contributed by atoms with van der Waals surface area (Å²) in [5, 5.41) is 0. The van der Waals surface area contributed by atoms with E-state index in [4.69, 9.17) is 5.73 Å². The molecule has 2 aromatic carbocycles. The molecule has 0 aliphatic carbocycles. The minimum atomic E-state index is 0.00293. The molecule has 0 aliphatic rings. The average molecular weight is 253 g/mol. The third-order valence-corrected chi connectivity index (χ3v) is 3.91. The zero-order valence-corrected chi connectivity index (χ0v) is 12.1. The van der Waals surface area contributed by atoms with Crippen molar-refractivity contribution in [2.45, 2.75) is 32.6 Å². The van der Waals surface area contributed by atoms with Crippen molar-refractivity contribution in [3.63, 3.8) is 0 Å². The van der Waals surface area contributed by atoms with Crippen molar-refractivity contribution in [2.24, 2.45) is 5.73 Å². The number of rotatable bonds is 4. The number of hydrogen-bond donors (Lipinski definition) is 1. The van der Waals surface area contributed by atoms with Crippen molar-refractivity contribution in [1.82, 2.24) is 0 Å². The molecule has 0 amide bonds. The van der Waals surface area contributed by atoms with Crippen LogP contribution in [-0.4, -0.2) is 6.54 Å². The minimum absolute atomic E-state index is 0.00293. The molecule has 0 aliphatic heterocycles. The standard InChI is InChI=1S/C18H23N/c1-14-4-8-16(9-5-14)12-18(3,13-19)17-10-6-15(2)7-11-17/h4-11H,12-13,19H2,1-3H3. The van der Waals surface area contributed by atoms with Gasteiger partial charge in [0.2, 0.25) is 0 Å². The highest BCUT2D eigenvalue weighted by Gasteiger charge is 2.25. The first-order valence-electron chi connectivity index (χ1n) is 6.86. The van der Waals surface area contributed by atoms with Gasteiger partial charge in [-0.3, -0.25) is 0 Å². The van der Waals surface area contributed by atoms with E-state index >= 15 is 0 Å². The molecule has 2 aromatic rings. The molecule has 100 valence electrons. The third kappa shape index (κ3) is 3.24. The van der Waals surface area contributed by atoms with E-state index in [-0.39, 0.29) is 5.41 Å². The number of hydrogen-bond acceptors (Lipinski definition) is 1. The molecule has 0 bridgehead atoms. The Morgan fingerprint density at radius 2 is 1.32 bits per heavy atom. The van der Waals surface area contributed by atoms with E-state index in [0.717, 1.165) is 6.42 Å². The lowest BCUT2D eigenvalue weighted by molar-refractivity contribution is 0.481. The van der Waals surface area contributed by atoms with E-state index in [0.29, 0.717) is 6.54 Å². The molecule has 1 atom stereocenters. The van der Waals surface area contributed by atoms with E-state index in [1.54, 1.807) is 0 Å². The van der Waals surface area contributed by atoms with Crippen molar-refractivity contribution in [1.29, 1.82) is 0 Å². The topological polar surface area (TPSA) is 26.0 Å². The Balaban J connectivity index is 2.27. The van der Waals surface area contributed by atoms with Crippen molar-refractivity contribution < 1.29 is 0 Å². The fourth-order valence-corrected chi connectivity index (χ4v) is 2.40. The molecule has 0 spiro atoms. The summed E-state index contributed by atoms with van der Waals surface area (Å²) in [4.78, 5) is 0. The summed E-state index contributed by atoms with van der Waals surface area (Å²) in [5.74, 6) is 0. The first kappa shape index (κ1) is 13.8. The van der Waals surface area contributed by atoms with Crippen LogP contribution in [0.3, 0.4) is 0 Å². The molecule has 1 unspecified atom stereocenters. The molecular formula is C18H23N. The van der Waals surface area contributed by atoms with E-state index < -0.39 is 0 Å². The molecule has 2 N–H and O–H groups in total. The molecule has 19 heavy (non-hydrogen) atoms. The minimum Gasteiger partial charge on any atom is -0.330 e. The lowest BCUT2D eigenvalue weighted by Gasteiger charge is -2.29. The summed E-state index contributed by atoms with van der Waals surface area (Å²) in [7, 11) is 0. The maximum absolute atomic E-state index is 6.05. The first-order chi connectivity index (χ1) is 9.03. The Labute approximate surface area is 116 Å². The van der Waals surface area contributed by atoms with Crippen LogP contribution in [0.1, 0.15) is 29.2 Å². The Morgan fingerprint density at radius 3 is 1.79 bits per heavy atom. The van der Waals surface area contributed by atoms with Gasteiger partial charge in [0.05, 0.1) is 0 Å². The molecule has 0 radical (unpaired) electrons. The molecular weight excluding hydrogens is 230 g/mol. The molecule has 1 heteroatoms. The second-order valence-corrected chi connectivity index (χ2v) is 5.79. The molecule has 2 rings (SSSR count).